The fraction of sp³-hybridized carbons (Fsp3) is 0.381. The summed E-state index contributed by atoms with van der Waals surface area (Å²) in [7, 11) is 0. The van der Waals surface area contributed by atoms with Crippen LogP contribution in [-0.2, 0) is 11.2 Å². The third-order valence-corrected chi connectivity index (χ3v) is 3.88. The number of benzene rings is 2. The van der Waals surface area contributed by atoms with Crippen LogP contribution in [0.5, 0.6) is 5.75 Å². The number of carbonyl (C=O) groups is 1. The maximum atomic E-state index is 12.6. The van der Waals surface area contributed by atoms with E-state index in [0.717, 1.165) is 17.7 Å². The van der Waals surface area contributed by atoms with Gasteiger partial charge >= 0.3 is 0 Å². The first-order valence-corrected chi connectivity index (χ1v) is 8.49. The zero-order valence-corrected chi connectivity index (χ0v) is 15.0. The molecule has 0 radical (unpaired) electrons. The second kappa shape index (κ2) is 8.00. The summed E-state index contributed by atoms with van der Waals surface area (Å²) in [4.78, 5) is 12.6. The van der Waals surface area contributed by atoms with E-state index in [0.29, 0.717) is 6.42 Å². The van der Waals surface area contributed by atoms with Crippen molar-refractivity contribution in [1.82, 2.24) is 5.32 Å². The van der Waals surface area contributed by atoms with E-state index in [1.54, 1.807) is 0 Å². The lowest BCUT2D eigenvalue weighted by atomic mass is 9.94. The van der Waals surface area contributed by atoms with E-state index in [1.165, 1.54) is 5.56 Å². The molecule has 0 fully saturated rings. The summed E-state index contributed by atoms with van der Waals surface area (Å²) in [5, 5.41) is 3.13. The van der Waals surface area contributed by atoms with Crippen molar-refractivity contribution in [1.29, 1.82) is 0 Å². The minimum Gasteiger partial charge on any atom is -0.481 e. The van der Waals surface area contributed by atoms with Gasteiger partial charge in [0.1, 0.15) is 5.75 Å². The fourth-order valence-electron chi connectivity index (χ4n) is 2.74. The van der Waals surface area contributed by atoms with Crippen LogP contribution in [0.15, 0.2) is 54.6 Å². The molecule has 0 saturated heterocycles. The highest BCUT2D eigenvalue weighted by atomic mass is 16.5. The molecule has 3 heteroatoms. The fourth-order valence-corrected chi connectivity index (χ4v) is 2.74. The Bertz CT molecular complexity index is 665. The summed E-state index contributed by atoms with van der Waals surface area (Å²) in [6.45, 7) is 8.05. The van der Waals surface area contributed by atoms with Crippen LogP contribution in [0.3, 0.4) is 0 Å². The van der Waals surface area contributed by atoms with Gasteiger partial charge in [-0.3, -0.25) is 4.79 Å². The van der Waals surface area contributed by atoms with Crippen LogP contribution in [0.25, 0.3) is 0 Å². The average molecular weight is 325 g/mol. The minimum absolute atomic E-state index is 0.0695. The first-order valence-electron chi connectivity index (χ1n) is 8.49. The molecule has 0 bridgehead atoms. The zero-order valence-electron chi connectivity index (χ0n) is 15.0. The van der Waals surface area contributed by atoms with Gasteiger partial charge in [0.15, 0.2) is 6.10 Å². The largest absolute Gasteiger partial charge is 0.481 e. The first kappa shape index (κ1) is 18.1. The zero-order chi connectivity index (χ0) is 17.6. The second-order valence-corrected chi connectivity index (χ2v) is 6.87. The normalized spacial score (nSPS) is 12.5. The molecule has 0 aliphatic rings. The minimum atomic E-state index is -0.484. The van der Waals surface area contributed by atoms with Crippen molar-refractivity contribution >= 4 is 5.91 Å². The van der Waals surface area contributed by atoms with E-state index in [2.05, 4.69) is 17.4 Å². The van der Waals surface area contributed by atoms with E-state index in [1.807, 2.05) is 70.2 Å². The number of aryl methyl sites for hydroxylation is 1. The number of rotatable bonds is 7. The van der Waals surface area contributed by atoms with Crippen molar-refractivity contribution in [2.75, 3.05) is 0 Å². The van der Waals surface area contributed by atoms with Crippen molar-refractivity contribution in [3.8, 4) is 5.75 Å². The lowest BCUT2D eigenvalue weighted by Gasteiger charge is -2.29. The molecular formula is C21H27NO2. The molecule has 0 aromatic heterocycles. The van der Waals surface area contributed by atoms with Crippen molar-refractivity contribution in [2.24, 2.45) is 0 Å². The third-order valence-electron chi connectivity index (χ3n) is 3.88. The number of carbonyl (C=O) groups excluding carboxylic acids is 1. The Morgan fingerprint density at radius 2 is 1.83 bits per heavy atom. The van der Waals surface area contributed by atoms with Gasteiger partial charge in [-0.15, -0.1) is 0 Å². The monoisotopic (exact) mass is 325 g/mol. The molecule has 3 nitrogen and oxygen atoms in total. The van der Waals surface area contributed by atoms with Gasteiger partial charge in [-0.05, 0) is 56.9 Å². The molecule has 2 aromatic rings. The van der Waals surface area contributed by atoms with Crippen LogP contribution in [0.4, 0.5) is 0 Å². The van der Waals surface area contributed by atoms with Gasteiger partial charge in [-0.1, -0.05) is 49.4 Å². The van der Waals surface area contributed by atoms with Crippen molar-refractivity contribution in [3.63, 3.8) is 0 Å². The average Bonchev–Trinajstić information content (AvgIpc) is 2.52. The highest BCUT2D eigenvalue weighted by molar-refractivity contribution is 5.81. The SMILES string of the molecule is CC[C@@H](Oc1cccc(C)c1)C(=O)NC(C)(C)Cc1ccccc1. The molecule has 128 valence electrons. The maximum absolute atomic E-state index is 12.6. The standard InChI is InChI=1S/C21H27NO2/c1-5-19(24-18-13-9-10-16(2)14-18)20(23)22-21(3,4)15-17-11-7-6-8-12-17/h6-14,19H,5,15H2,1-4H3,(H,22,23)/t19-/m1/s1. The first-order chi connectivity index (χ1) is 11.4. The number of nitrogens with one attached hydrogen (secondary N) is 1. The summed E-state index contributed by atoms with van der Waals surface area (Å²) in [6.07, 6.45) is 0.920. The number of amides is 1. The smallest absolute Gasteiger partial charge is 0.261 e. The van der Waals surface area contributed by atoms with Crippen LogP contribution in [0, 0.1) is 6.92 Å². The van der Waals surface area contributed by atoms with Crippen LogP contribution < -0.4 is 10.1 Å². The Kier molecular flexibility index (Phi) is 6.02. The summed E-state index contributed by atoms with van der Waals surface area (Å²) >= 11 is 0. The van der Waals surface area contributed by atoms with Gasteiger partial charge in [-0.2, -0.15) is 0 Å². The van der Waals surface area contributed by atoms with E-state index >= 15 is 0 Å². The predicted octanol–water partition coefficient (Wildman–Crippen LogP) is 4.29. The van der Waals surface area contributed by atoms with Crippen LogP contribution in [-0.4, -0.2) is 17.6 Å². The highest BCUT2D eigenvalue weighted by Crippen LogP contribution is 2.17. The van der Waals surface area contributed by atoms with Crippen molar-refractivity contribution in [3.05, 3.63) is 65.7 Å². The van der Waals surface area contributed by atoms with Crippen LogP contribution >= 0.6 is 0 Å². The quantitative estimate of drug-likeness (QED) is 0.824. The van der Waals surface area contributed by atoms with Gasteiger partial charge in [0.2, 0.25) is 0 Å². The van der Waals surface area contributed by atoms with E-state index in [4.69, 9.17) is 4.74 Å². The molecule has 0 spiro atoms. The Balaban J connectivity index is 2.00. The van der Waals surface area contributed by atoms with Crippen molar-refractivity contribution < 1.29 is 9.53 Å². The molecule has 2 aromatic carbocycles. The molecule has 0 saturated carbocycles. The Hall–Kier alpha value is -2.29. The van der Waals surface area contributed by atoms with Crippen LogP contribution in [0.2, 0.25) is 0 Å². The van der Waals surface area contributed by atoms with Crippen molar-refractivity contribution in [2.45, 2.75) is 52.2 Å². The molecular weight excluding hydrogens is 298 g/mol. The number of hydrogen-bond acceptors (Lipinski definition) is 2. The Morgan fingerprint density at radius 1 is 1.12 bits per heavy atom. The third kappa shape index (κ3) is 5.41. The summed E-state index contributed by atoms with van der Waals surface area (Å²) in [6, 6.07) is 18.0. The summed E-state index contributed by atoms with van der Waals surface area (Å²) in [5.74, 6) is 0.665. The summed E-state index contributed by atoms with van der Waals surface area (Å²) in [5.41, 5.74) is 1.99. The van der Waals surface area contributed by atoms with Gasteiger partial charge in [0.05, 0.1) is 0 Å². The molecule has 0 aliphatic heterocycles. The summed E-state index contributed by atoms with van der Waals surface area (Å²) < 4.78 is 5.89. The van der Waals surface area contributed by atoms with Gasteiger partial charge < -0.3 is 10.1 Å². The molecule has 0 heterocycles. The van der Waals surface area contributed by atoms with Crippen LogP contribution in [0.1, 0.15) is 38.3 Å². The highest BCUT2D eigenvalue weighted by Gasteiger charge is 2.26. The maximum Gasteiger partial charge on any atom is 0.261 e. The number of ether oxygens (including phenoxy) is 1. The molecule has 0 aliphatic carbocycles. The van der Waals surface area contributed by atoms with Gasteiger partial charge in [-0.25, -0.2) is 0 Å². The van der Waals surface area contributed by atoms with Gasteiger partial charge in [0.25, 0.3) is 5.91 Å². The predicted molar refractivity (Wildman–Crippen MR) is 98.3 cm³/mol. The van der Waals surface area contributed by atoms with E-state index < -0.39 is 6.10 Å². The lowest BCUT2D eigenvalue weighted by Crippen LogP contribution is -2.50. The van der Waals surface area contributed by atoms with E-state index in [9.17, 15) is 4.79 Å². The molecule has 24 heavy (non-hydrogen) atoms. The molecule has 1 atom stereocenters. The lowest BCUT2D eigenvalue weighted by molar-refractivity contribution is -0.129. The Morgan fingerprint density at radius 3 is 2.46 bits per heavy atom. The van der Waals surface area contributed by atoms with E-state index in [-0.39, 0.29) is 11.4 Å². The molecule has 0 unspecified atom stereocenters. The molecule has 1 N–H and O–H groups in total. The molecule has 2 rings (SSSR count). The van der Waals surface area contributed by atoms with Gasteiger partial charge in [0, 0.05) is 5.54 Å². The topological polar surface area (TPSA) is 38.3 Å². The second-order valence-electron chi connectivity index (χ2n) is 6.87. The Labute approximate surface area is 145 Å². The molecule has 1 amide bonds. The number of hydrogen-bond donors (Lipinski definition) is 1.